The highest BCUT2D eigenvalue weighted by atomic mass is 35.5. The number of benzene rings is 1. The minimum absolute atomic E-state index is 0.128. The summed E-state index contributed by atoms with van der Waals surface area (Å²) in [6.45, 7) is 0.553. The molecule has 1 atom stereocenters. The van der Waals surface area contributed by atoms with Crippen LogP contribution in [0.15, 0.2) is 42.7 Å². The topological polar surface area (TPSA) is 100 Å². The zero-order valence-corrected chi connectivity index (χ0v) is 19.3. The van der Waals surface area contributed by atoms with Gasteiger partial charge in [0.05, 0.1) is 10.6 Å². The molecule has 1 heterocycles. The summed E-state index contributed by atoms with van der Waals surface area (Å²) in [5.74, 6) is -0.318. The van der Waals surface area contributed by atoms with Crippen molar-refractivity contribution < 1.29 is 14.4 Å². The van der Waals surface area contributed by atoms with Gasteiger partial charge in [-0.2, -0.15) is 11.8 Å². The molecular formula is C21H24Cl2N4O3S. The second-order valence-corrected chi connectivity index (χ2v) is 8.43. The number of amides is 3. The predicted octanol–water partition coefficient (Wildman–Crippen LogP) is 3.06. The lowest BCUT2D eigenvalue weighted by atomic mass is 10.1. The van der Waals surface area contributed by atoms with Crippen LogP contribution in [0.4, 0.5) is 0 Å². The van der Waals surface area contributed by atoms with Gasteiger partial charge in [0.2, 0.25) is 11.8 Å². The Morgan fingerprint density at radius 2 is 1.84 bits per heavy atom. The summed E-state index contributed by atoms with van der Waals surface area (Å²) in [5.41, 5.74) is 1.18. The molecule has 0 bridgehead atoms. The Morgan fingerprint density at radius 3 is 2.52 bits per heavy atom. The van der Waals surface area contributed by atoms with Crippen molar-refractivity contribution in [3.05, 3.63) is 63.9 Å². The van der Waals surface area contributed by atoms with E-state index in [0.29, 0.717) is 23.7 Å². The number of hydrogen-bond donors (Lipinski definition) is 3. The average molecular weight is 483 g/mol. The van der Waals surface area contributed by atoms with Gasteiger partial charge in [-0.05, 0) is 54.3 Å². The first-order chi connectivity index (χ1) is 14.9. The van der Waals surface area contributed by atoms with Crippen molar-refractivity contribution >= 4 is 52.7 Å². The molecule has 0 aliphatic carbocycles. The summed E-state index contributed by atoms with van der Waals surface area (Å²) in [6.07, 6.45) is 5.80. The maximum atomic E-state index is 12.6. The van der Waals surface area contributed by atoms with Crippen molar-refractivity contribution in [1.29, 1.82) is 0 Å². The van der Waals surface area contributed by atoms with Crippen molar-refractivity contribution in [2.75, 3.05) is 18.6 Å². The molecule has 0 radical (unpaired) electrons. The Labute approximate surface area is 195 Å². The number of hydrogen-bond acceptors (Lipinski definition) is 5. The fourth-order valence-corrected chi connectivity index (χ4v) is 3.59. The van der Waals surface area contributed by atoms with Crippen LogP contribution in [0.2, 0.25) is 10.0 Å². The number of pyridine rings is 1. The third-order valence-electron chi connectivity index (χ3n) is 4.30. The summed E-state index contributed by atoms with van der Waals surface area (Å²) in [6, 6.07) is 7.42. The van der Waals surface area contributed by atoms with Gasteiger partial charge in [-0.15, -0.1) is 0 Å². The van der Waals surface area contributed by atoms with E-state index in [9.17, 15) is 14.4 Å². The average Bonchev–Trinajstić information content (AvgIpc) is 2.75. The first kappa shape index (κ1) is 25.0. The van der Waals surface area contributed by atoms with E-state index in [2.05, 4.69) is 20.9 Å². The molecule has 0 saturated heterocycles. The van der Waals surface area contributed by atoms with Crippen molar-refractivity contribution in [1.82, 2.24) is 20.9 Å². The van der Waals surface area contributed by atoms with Gasteiger partial charge in [-0.25, -0.2) is 0 Å². The zero-order chi connectivity index (χ0) is 22.6. The van der Waals surface area contributed by atoms with Gasteiger partial charge in [0, 0.05) is 36.9 Å². The van der Waals surface area contributed by atoms with Gasteiger partial charge in [-0.1, -0.05) is 23.2 Å². The van der Waals surface area contributed by atoms with Crippen LogP contribution in [0.25, 0.3) is 0 Å². The monoisotopic (exact) mass is 482 g/mol. The van der Waals surface area contributed by atoms with Crippen LogP contribution in [0.3, 0.4) is 0 Å². The summed E-state index contributed by atoms with van der Waals surface area (Å²) in [4.78, 5) is 41.1. The predicted molar refractivity (Wildman–Crippen MR) is 124 cm³/mol. The first-order valence-corrected chi connectivity index (χ1v) is 11.7. The molecular weight excluding hydrogens is 459 g/mol. The maximum absolute atomic E-state index is 12.6. The van der Waals surface area contributed by atoms with E-state index >= 15 is 0 Å². The standard InChI is InChI=1S/C21H24Cl2N4O3S/c1-31-11-7-18(27-20(29)16-3-2-15(22)12-17(16)23)21(30)25-10-6-19(28)26-13-14-4-8-24-9-5-14/h2-5,8-9,12,18H,6-7,10-11,13H2,1H3,(H,25,30)(H,26,28)(H,27,29). The zero-order valence-electron chi connectivity index (χ0n) is 17.0. The lowest BCUT2D eigenvalue weighted by Crippen LogP contribution is -2.47. The molecule has 166 valence electrons. The highest BCUT2D eigenvalue weighted by molar-refractivity contribution is 7.98. The molecule has 1 aromatic heterocycles. The van der Waals surface area contributed by atoms with Gasteiger partial charge in [0.25, 0.3) is 5.91 Å². The highest BCUT2D eigenvalue weighted by Gasteiger charge is 2.22. The number of halogens is 2. The van der Waals surface area contributed by atoms with Crippen LogP contribution < -0.4 is 16.0 Å². The first-order valence-electron chi connectivity index (χ1n) is 9.59. The Balaban J connectivity index is 1.84. The van der Waals surface area contributed by atoms with Crippen molar-refractivity contribution in [3.8, 4) is 0 Å². The molecule has 1 unspecified atom stereocenters. The molecule has 2 aromatic rings. The number of nitrogens with zero attached hydrogens (tertiary/aromatic N) is 1. The number of carbonyl (C=O) groups excluding carboxylic acids is 3. The smallest absolute Gasteiger partial charge is 0.253 e. The fourth-order valence-electron chi connectivity index (χ4n) is 2.63. The molecule has 0 saturated carbocycles. The lowest BCUT2D eigenvalue weighted by Gasteiger charge is -2.18. The van der Waals surface area contributed by atoms with E-state index in [1.54, 1.807) is 30.2 Å². The van der Waals surface area contributed by atoms with Gasteiger partial charge in [0.1, 0.15) is 6.04 Å². The molecule has 3 N–H and O–H groups in total. The Bertz CT molecular complexity index is 899. The van der Waals surface area contributed by atoms with Gasteiger partial charge < -0.3 is 16.0 Å². The summed E-state index contributed by atoms with van der Waals surface area (Å²) < 4.78 is 0. The minimum Gasteiger partial charge on any atom is -0.354 e. The van der Waals surface area contributed by atoms with Gasteiger partial charge in [-0.3, -0.25) is 19.4 Å². The Morgan fingerprint density at radius 1 is 1.10 bits per heavy atom. The fraction of sp³-hybridized carbons (Fsp3) is 0.333. The maximum Gasteiger partial charge on any atom is 0.253 e. The van der Waals surface area contributed by atoms with E-state index < -0.39 is 11.9 Å². The van der Waals surface area contributed by atoms with E-state index in [1.807, 2.05) is 18.4 Å². The van der Waals surface area contributed by atoms with E-state index in [4.69, 9.17) is 23.2 Å². The molecule has 0 aliphatic heterocycles. The number of rotatable bonds is 11. The third-order valence-corrected chi connectivity index (χ3v) is 5.49. The van der Waals surface area contributed by atoms with Gasteiger partial charge >= 0.3 is 0 Å². The molecule has 0 fully saturated rings. The quantitative estimate of drug-likeness (QED) is 0.456. The normalized spacial score (nSPS) is 11.5. The Hall–Kier alpha value is -2.29. The Kier molecular flexibility index (Phi) is 10.6. The van der Waals surface area contributed by atoms with Crippen molar-refractivity contribution in [2.45, 2.75) is 25.4 Å². The number of carbonyl (C=O) groups is 3. The number of aromatic nitrogens is 1. The third kappa shape index (κ3) is 8.77. The molecule has 31 heavy (non-hydrogen) atoms. The molecule has 10 heteroatoms. The number of thioether (sulfide) groups is 1. The van der Waals surface area contributed by atoms with Crippen LogP contribution in [0.1, 0.15) is 28.8 Å². The SMILES string of the molecule is CSCCC(NC(=O)c1ccc(Cl)cc1Cl)C(=O)NCCC(=O)NCc1ccncc1. The second-order valence-electron chi connectivity index (χ2n) is 6.60. The molecule has 3 amide bonds. The molecule has 0 spiro atoms. The van der Waals surface area contributed by atoms with Crippen LogP contribution in [-0.4, -0.2) is 47.3 Å². The van der Waals surface area contributed by atoms with E-state index in [-0.39, 0.29) is 35.4 Å². The number of nitrogens with one attached hydrogen (secondary N) is 3. The van der Waals surface area contributed by atoms with Crippen LogP contribution in [0.5, 0.6) is 0 Å². The van der Waals surface area contributed by atoms with Crippen LogP contribution in [-0.2, 0) is 16.1 Å². The summed E-state index contributed by atoms with van der Waals surface area (Å²) >= 11 is 13.5. The molecule has 1 aromatic carbocycles. The van der Waals surface area contributed by atoms with Crippen LogP contribution in [0, 0.1) is 0 Å². The minimum atomic E-state index is -0.744. The largest absolute Gasteiger partial charge is 0.354 e. The van der Waals surface area contributed by atoms with E-state index in [1.165, 1.54) is 12.1 Å². The van der Waals surface area contributed by atoms with E-state index in [0.717, 1.165) is 5.56 Å². The summed E-state index contributed by atoms with van der Waals surface area (Å²) in [5, 5.41) is 8.84. The molecule has 0 aliphatic rings. The summed E-state index contributed by atoms with van der Waals surface area (Å²) in [7, 11) is 0. The van der Waals surface area contributed by atoms with Crippen LogP contribution >= 0.6 is 35.0 Å². The van der Waals surface area contributed by atoms with Crippen molar-refractivity contribution in [3.63, 3.8) is 0 Å². The van der Waals surface area contributed by atoms with Gasteiger partial charge in [0.15, 0.2) is 0 Å². The highest BCUT2D eigenvalue weighted by Crippen LogP contribution is 2.21. The molecule has 7 nitrogen and oxygen atoms in total. The second kappa shape index (κ2) is 13.2. The molecule has 2 rings (SSSR count). The lowest BCUT2D eigenvalue weighted by molar-refractivity contribution is -0.123. The van der Waals surface area contributed by atoms with Crippen molar-refractivity contribution in [2.24, 2.45) is 0 Å².